The van der Waals surface area contributed by atoms with Crippen molar-refractivity contribution in [1.82, 2.24) is 0 Å². The van der Waals surface area contributed by atoms with E-state index in [1.54, 1.807) is 72.8 Å². The lowest BCUT2D eigenvalue weighted by molar-refractivity contribution is -0.539. The Hall–Kier alpha value is -14.7. The quantitative estimate of drug-likeness (QED) is 0.0568. The Morgan fingerprint density at radius 1 is 0.238 bits per heavy atom. The molecule has 4 aliphatic rings. The molecule has 0 aliphatic carbocycles. The number of hydrogen-bond acceptors (Lipinski definition) is 6. The molecule has 8 heterocycles. The van der Waals surface area contributed by atoms with Crippen LogP contribution in [-0.4, -0.2) is 39.9 Å². The Kier molecular flexibility index (Phi) is 23.2. The average molecular weight is 1720 g/mol. The lowest BCUT2D eigenvalue weighted by Crippen LogP contribution is -2.78. The van der Waals surface area contributed by atoms with Crippen molar-refractivity contribution in [2.24, 2.45) is 0 Å². The molecule has 0 fully saturated rings. The molecule has 126 heavy (non-hydrogen) atoms. The Morgan fingerprint density at radius 3 is 0.659 bits per heavy atom. The van der Waals surface area contributed by atoms with Gasteiger partial charge in [-0.1, -0.05) is 280 Å². The van der Waals surface area contributed by atoms with Crippen LogP contribution in [0.2, 0.25) is 15.1 Å². The van der Waals surface area contributed by atoms with Gasteiger partial charge in [-0.15, -0.1) is 65.6 Å². The number of nitro benzene ring substituents is 3. The van der Waals surface area contributed by atoms with E-state index in [0.717, 1.165) is 71.6 Å². The smallest absolute Gasteiger partial charge is 0.361 e. The van der Waals surface area contributed by atoms with E-state index < -0.39 is 39.9 Å². The molecule has 4 aromatic heterocycles. The van der Waals surface area contributed by atoms with Gasteiger partial charge in [-0.3, -0.25) is 30.3 Å². The van der Waals surface area contributed by atoms with Gasteiger partial charge in [0.15, 0.2) is 0 Å². The number of aromatic nitrogens is 4. The number of halogens is 6. The van der Waals surface area contributed by atoms with E-state index >= 15 is 0 Å². The average Bonchev–Trinajstić information content (AvgIpc) is 1.55. The number of hydrogen-bond donors (Lipinski definition) is 0. The molecule has 0 amide bonds. The van der Waals surface area contributed by atoms with Crippen LogP contribution in [0.4, 0.5) is 30.2 Å². The van der Waals surface area contributed by atoms with Crippen LogP contribution in [0, 0.1) is 68.6 Å². The lowest BCUT2D eigenvalue weighted by Gasteiger charge is -2.36. The fourth-order valence-electron chi connectivity index (χ4n) is 19.5. The zero-order valence-electron chi connectivity index (χ0n) is 68.4. The summed E-state index contributed by atoms with van der Waals surface area (Å²) in [6.45, 7) is 6.46. The van der Waals surface area contributed by atoms with Gasteiger partial charge >= 0.3 is 25.1 Å². The van der Waals surface area contributed by atoms with Gasteiger partial charge in [-0.25, -0.2) is 13.2 Å². The van der Waals surface area contributed by atoms with Gasteiger partial charge in [0, 0.05) is 75.7 Å². The summed E-state index contributed by atoms with van der Waals surface area (Å²) in [5.74, 6) is -0.969. The molecule has 12 aromatic carbocycles. The Morgan fingerprint density at radius 2 is 0.413 bits per heavy atom. The zero-order valence-corrected chi connectivity index (χ0v) is 70.7. The summed E-state index contributed by atoms with van der Waals surface area (Å²) in [6, 6.07) is 114. The molecule has 0 atom stereocenters. The van der Waals surface area contributed by atoms with Gasteiger partial charge < -0.3 is 17.9 Å². The maximum Gasteiger partial charge on any atom is 0.361 e. The number of nitrogens with zero attached hydrogens (tertiary/aromatic N) is 7. The monoisotopic (exact) mass is 1710 g/mol. The third-order valence-corrected chi connectivity index (χ3v) is 26.0. The molecule has 0 unspecified atom stereocenters. The van der Waals surface area contributed by atoms with Crippen LogP contribution < -0.4 is 61.6 Å². The minimum absolute atomic E-state index is 0.0497. The molecule has 13 nitrogen and oxygen atoms in total. The Balaban J connectivity index is 0.000000119. The van der Waals surface area contributed by atoms with Gasteiger partial charge in [0.1, 0.15) is 65.0 Å². The second-order valence-electron chi connectivity index (χ2n) is 32.2. The second-order valence-corrected chi connectivity index (χ2v) is 33.5. The van der Waals surface area contributed by atoms with Crippen LogP contribution in [0.1, 0.15) is 61.7 Å². The first kappa shape index (κ1) is 83.6. The molecule has 0 bridgehead atoms. The van der Waals surface area contributed by atoms with Crippen molar-refractivity contribution in [3.8, 4) is 0 Å². The van der Waals surface area contributed by atoms with E-state index in [4.69, 9.17) is 34.8 Å². The highest BCUT2D eigenvalue weighted by Gasteiger charge is 2.53. The predicted octanol–water partition coefficient (Wildman–Crippen LogP) is 17.7. The number of pyridine rings is 4. The highest BCUT2D eigenvalue weighted by Crippen LogP contribution is 2.38. The molecule has 0 saturated heterocycles. The van der Waals surface area contributed by atoms with Crippen molar-refractivity contribution in [2.75, 3.05) is 0 Å². The highest BCUT2D eigenvalue weighted by molar-refractivity contribution is 7.12. The maximum atomic E-state index is 13.8. The van der Waals surface area contributed by atoms with Gasteiger partial charge in [0.2, 0.25) is 0 Å². The summed E-state index contributed by atoms with van der Waals surface area (Å²) >= 11 is 18.7. The molecule has 23 heteroatoms. The van der Waals surface area contributed by atoms with E-state index in [1.165, 1.54) is 134 Å². The predicted molar refractivity (Wildman–Crippen MR) is 506 cm³/mol. The zero-order chi connectivity index (χ0) is 87.6. The molecule has 0 saturated carbocycles. The number of fused-ring (bicyclic) bond motifs is 4. The van der Waals surface area contributed by atoms with Crippen LogP contribution >= 0.6 is 34.8 Å². The maximum absolute atomic E-state index is 13.8. The number of aryl methyl sites for hydroxylation is 3. The summed E-state index contributed by atoms with van der Waals surface area (Å²) in [5, 5.41) is 36.1. The first-order chi connectivity index (χ1) is 61.1. The number of benzene rings is 12. The topological polar surface area (TPSA) is 145 Å². The van der Waals surface area contributed by atoms with Gasteiger partial charge in [0.25, 0.3) is 17.1 Å². The number of nitro groups is 3. The molecule has 4 aliphatic heterocycles. The van der Waals surface area contributed by atoms with E-state index in [-0.39, 0.29) is 34.5 Å². The third kappa shape index (κ3) is 15.3. The van der Waals surface area contributed by atoms with Gasteiger partial charge in [0.05, 0.1) is 14.8 Å². The standard InChI is InChI=1S/C28H26BN.C25H17BCl3N.C25H17BF3N.C25H17BN4O6/c1-21-7-13-24(14-8-21)28-20-27-6-4-5-19-30(27)29(28,25-15-9-22(2)10-16-25)26-17-11-23(3)12-18-26;2*27-21-10-4-18(5-11-21)25-17-24-3-1-2-16-30(24)26(25,19-6-12-22(28)13-7-19)20-8-14-23(29)15-9-20;31-28(32)21-10-4-18(5-11-21)25-17-24-3-1-2-16-27(24)26(25,19-6-12-22(13-7-19)29(33)34)20-8-14-23(15-9-20)30(35)36/h4-20H,1-3H3;2*1-17H;1-17H. The molecule has 20 rings (SSSR count). The first-order valence-electron chi connectivity index (χ1n) is 41.1. The van der Waals surface area contributed by atoms with Gasteiger partial charge in [-0.05, 0) is 142 Å². The number of rotatable bonds is 15. The largest absolute Gasteiger partial charge is 0.409 e. The Labute approximate surface area is 741 Å². The molecular weight excluding hydrogens is 1640 g/mol. The number of non-ortho nitro benzene ring substituents is 3. The SMILES string of the molecule is Cc1ccc(C2=Cc3cccc[n+]3[B-]2(c2ccc(C)cc2)c2ccc(C)cc2)cc1.Clc1ccc(C2=Cc3cccc[n+]3[B-]2(c2ccc(Cl)cc2)c2ccc(Cl)cc2)cc1.Fc1ccc(C2=Cc3cccc[n+]3[B-]2(c2ccc(F)cc2)c2ccc(F)cc2)cc1.O=[N+]([O-])c1ccc(C2=Cc3cccc[n+]3[B-]2(c2ccc([N+](=O)[O-])cc2)c2ccc([N+](=O)[O-])cc2)cc1. The van der Waals surface area contributed by atoms with Crippen molar-refractivity contribution in [3.63, 3.8) is 0 Å². The third-order valence-electron chi connectivity index (χ3n) is 25.2. The minimum Gasteiger partial charge on any atom is -0.409 e. The van der Waals surface area contributed by atoms with Crippen LogP contribution in [0.25, 0.3) is 46.2 Å². The fraction of sp³-hybridized carbons (Fsp3) is 0.0291. The van der Waals surface area contributed by atoms with E-state index in [0.29, 0.717) is 10.0 Å². The normalized spacial score (nSPS) is 14.1. The fourth-order valence-corrected chi connectivity index (χ4v) is 19.9. The summed E-state index contributed by atoms with van der Waals surface area (Å²) in [6.07, 6.45) is 10.3. The van der Waals surface area contributed by atoms with Crippen molar-refractivity contribution in [1.29, 1.82) is 0 Å². The van der Waals surface area contributed by atoms with E-state index in [9.17, 15) is 43.5 Å². The summed E-state index contributed by atoms with van der Waals surface area (Å²) in [4.78, 5) is 32.5. The van der Waals surface area contributed by atoms with Crippen LogP contribution in [0.5, 0.6) is 0 Å². The molecule has 0 N–H and O–H groups in total. The lowest BCUT2D eigenvalue weighted by atomic mass is 9.23. The van der Waals surface area contributed by atoms with Crippen LogP contribution in [-0.2, 0) is 0 Å². The summed E-state index contributed by atoms with van der Waals surface area (Å²) in [5.41, 5.74) is 24.5. The Bertz CT molecular complexity index is 6320. The van der Waals surface area contributed by atoms with Crippen molar-refractivity contribution in [3.05, 3.63) is 513 Å². The van der Waals surface area contributed by atoms with Crippen LogP contribution in [0.15, 0.2) is 389 Å². The highest BCUT2D eigenvalue weighted by atomic mass is 35.5. The van der Waals surface area contributed by atoms with E-state index in [2.05, 4.69) is 215 Å². The first-order valence-corrected chi connectivity index (χ1v) is 42.3. The summed E-state index contributed by atoms with van der Waals surface area (Å²) < 4.78 is 50.3. The molecule has 0 spiro atoms. The van der Waals surface area contributed by atoms with Crippen molar-refractivity contribution < 1.29 is 45.9 Å². The van der Waals surface area contributed by atoms with Crippen molar-refractivity contribution >= 4 is 167 Å². The van der Waals surface area contributed by atoms with Crippen molar-refractivity contribution in [2.45, 2.75) is 20.8 Å². The van der Waals surface area contributed by atoms with Crippen LogP contribution in [0.3, 0.4) is 0 Å². The molecule has 16 aromatic rings. The molecule has 614 valence electrons. The summed E-state index contributed by atoms with van der Waals surface area (Å²) in [7, 11) is 0. The molecular formula is C103H77B4Cl3F3N7O6. The van der Waals surface area contributed by atoms with E-state index in [1.807, 2.05) is 91.3 Å². The minimum atomic E-state index is -2.01. The van der Waals surface area contributed by atoms with Gasteiger partial charge in [-0.2, -0.15) is 0 Å². The molecule has 0 radical (unpaired) electrons. The second kappa shape index (κ2) is 34.9.